The van der Waals surface area contributed by atoms with Gasteiger partial charge in [0.2, 0.25) is 12.7 Å². The SMILES string of the molecule is O=C(CCc1csc(-c2cccnc2)n1)NCCc1ccc2c(c1)OCO2. The lowest BCUT2D eigenvalue weighted by Gasteiger charge is -2.06. The van der Waals surface area contributed by atoms with Gasteiger partial charge in [0, 0.05) is 36.3 Å². The van der Waals surface area contributed by atoms with E-state index in [9.17, 15) is 4.79 Å². The number of hydrogen-bond donors (Lipinski definition) is 1. The van der Waals surface area contributed by atoms with Crippen LogP contribution in [0, 0.1) is 0 Å². The lowest BCUT2D eigenvalue weighted by Crippen LogP contribution is -2.25. The number of ether oxygens (including phenoxy) is 2. The maximum absolute atomic E-state index is 12.1. The molecule has 1 amide bonds. The number of aromatic nitrogens is 2. The molecule has 7 heteroatoms. The van der Waals surface area contributed by atoms with Crippen molar-refractivity contribution in [2.75, 3.05) is 13.3 Å². The van der Waals surface area contributed by atoms with Gasteiger partial charge in [-0.1, -0.05) is 6.07 Å². The highest BCUT2D eigenvalue weighted by molar-refractivity contribution is 7.13. The summed E-state index contributed by atoms with van der Waals surface area (Å²) in [7, 11) is 0. The minimum absolute atomic E-state index is 0.0340. The van der Waals surface area contributed by atoms with Gasteiger partial charge in [0.15, 0.2) is 11.5 Å². The second-order valence-corrected chi connectivity index (χ2v) is 7.03. The van der Waals surface area contributed by atoms with Crippen LogP contribution in [-0.2, 0) is 17.6 Å². The zero-order valence-corrected chi connectivity index (χ0v) is 15.5. The van der Waals surface area contributed by atoms with Gasteiger partial charge in [-0.3, -0.25) is 9.78 Å². The van der Waals surface area contributed by atoms with Crippen molar-refractivity contribution >= 4 is 17.2 Å². The lowest BCUT2D eigenvalue weighted by atomic mass is 10.1. The third-order valence-electron chi connectivity index (χ3n) is 4.24. The van der Waals surface area contributed by atoms with Crippen LogP contribution in [0.25, 0.3) is 10.6 Å². The fourth-order valence-electron chi connectivity index (χ4n) is 2.82. The normalized spacial score (nSPS) is 12.1. The number of thiazole rings is 1. The van der Waals surface area contributed by atoms with Gasteiger partial charge in [-0.2, -0.15) is 0 Å². The summed E-state index contributed by atoms with van der Waals surface area (Å²) in [5.41, 5.74) is 3.05. The minimum atomic E-state index is 0.0340. The van der Waals surface area contributed by atoms with Crippen molar-refractivity contribution in [3.05, 3.63) is 59.4 Å². The van der Waals surface area contributed by atoms with Crippen LogP contribution in [0.5, 0.6) is 11.5 Å². The Morgan fingerprint density at radius 3 is 3.00 bits per heavy atom. The first-order valence-electron chi connectivity index (χ1n) is 8.78. The molecule has 1 N–H and O–H groups in total. The van der Waals surface area contributed by atoms with Crippen LogP contribution < -0.4 is 14.8 Å². The van der Waals surface area contributed by atoms with Crippen LogP contribution in [0.2, 0.25) is 0 Å². The molecule has 1 aliphatic heterocycles. The highest BCUT2D eigenvalue weighted by Crippen LogP contribution is 2.32. The van der Waals surface area contributed by atoms with Crippen LogP contribution in [0.1, 0.15) is 17.7 Å². The molecule has 3 aromatic rings. The summed E-state index contributed by atoms with van der Waals surface area (Å²) in [6, 6.07) is 9.74. The molecule has 3 heterocycles. The third-order valence-corrected chi connectivity index (χ3v) is 5.18. The van der Waals surface area contributed by atoms with Crippen LogP contribution in [0.3, 0.4) is 0 Å². The summed E-state index contributed by atoms with van der Waals surface area (Å²) in [5, 5.41) is 5.90. The fraction of sp³-hybridized carbons (Fsp3) is 0.250. The Balaban J connectivity index is 1.22. The van der Waals surface area contributed by atoms with E-state index < -0.39 is 0 Å². The highest BCUT2D eigenvalue weighted by Gasteiger charge is 2.13. The fourth-order valence-corrected chi connectivity index (χ4v) is 3.66. The number of nitrogens with one attached hydrogen (secondary N) is 1. The Morgan fingerprint density at radius 2 is 2.11 bits per heavy atom. The molecule has 0 spiro atoms. The van der Waals surface area contributed by atoms with Crippen LogP contribution in [0.15, 0.2) is 48.1 Å². The Kier molecular flexibility index (Phi) is 5.29. The van der Waals surface area contributed by atoms with Gasteiger partial charge < -0.3 is 14.8 Å². The molecule has 0 radical (unpaired) electrons. The quantitative estimate of drug-likeness (QED) is 0.680. The number of fused-ring (bicyclic) bond motifs is 1. The molecule has 138 valence electrons. The van der Waals surface area contributed by atoms with Gasteiger partial charge in [-0.15, -0.1) is 11.3 Å². The number of amides is 1. The Hall–Kier alpha value is -2.93. The molecule has 1 aliphatic rings. The molecule has 0 saturated carbocycles. The molecule has 2 aromatic heterocycles. The van der Waals surface area contributed by atoms with E-state index in [0.717, 1.165) is 39.7 Å². The number of hydrogen-bond acceptors (Lipinski definition) is 6. The maximum atomic E-state index is 12.1. The Labute approximate surface area is 161 Å². The second kappa shape index (κ2) is 8.18. The third kappa shape index (κ3) is 4.43. The molecule has 0 bridgehead atoms. The monoisotopic (exact) mass is 381 g/mol. The molecule has 27 heavy (non-hydrogen) atoms. The number of benzene rings is 1. The van der Waals surface area contributed by atoms with Crippen LogP contribution >= 0.6 is 11.3 Å². The van der Waals surface area contributed by atoms with Crippen molar-refractivity contribution in [3.8, 4) is 22.1 Å². The maximum Gasteiger partial charge on any atom is 0.231 e. The number of rotatable bonds is 7. The molecular formula is C20H19N3O3S. The summed E-state index contributed by atoms with van der Waals surface area (Å²) in [5.74, 6) is 1.58. The van der Waals surface area contributed by atoms with Crippen molar-refractivity contribution in [1.82, 2.24) is 15.3 Å². The van der Waals surface area contributed by atoms with Gasteiger partial charge in [0.05, 0.1) is 5.69 Å². The second-order valence-electron chi connectivity index (χ2n) is 6.17. The molecule has 0 unspecified atom stereocenters. The van der Waals surface area contributed by atoms with Crippen molar-refractivity contribution in [3.63, 3.8) is 0 Å². The van der Waals surface area contributed by atoms with Gasteiger partial charge in [-0.25, -0.2) is 4.98 Å². The standard InChI is InChI=1S/C20H19N3O3S/c24-19(22-9-7-14-3-5-17-18(10-14)26-13-25-17)6-4-16-12-27-20(23-16)15-2-1-8-21-11-15/h1-3,5,8,10-12H,4,6-7,9,13H2,(H,22,24). The number of aryl methyl sites for hydroxylation is 1. The number of nitrogens with zero attached hydrogens (tertiary/aromatic N) is 2. The predicted octanol–water partition coefficient (Wildman–Crippen LogP) is 3.23. The van der Waals surface area contributed by atoms with E-state index in [1.807, 2.05) is 35.7 Å². The summed E-state index contributed by atoms with van der Waals surface area (Å²) in [4.78, 5) is 20.8. The van der Waals surface area contributed by atoms with Gasteiger partial charge in [-0.05, 0) is 42.7 Å². The first-order valence-corrected chi connectivity index (χ1v) is 9.66. The summed E-state index contributed by atoms with van der Waals surface area (Å²) in [6.07, 6.45) is 5.35. The van der Waals surface area contributed by atoms with E-state index in [1.54, 1.807) is 23.7 Å². The number of carbonyl (C=O) groups excluding carboxylic acids is 1. The summed E-state index contributed by atoms with van der Waals surface area (Å²) < 4.78 is 10.7. The Morgan fingerprint density at radius 1 is 1.19 bits per heavy atom. The zero-order chi connectivity index (χ0) is 18.5. The van der Waals surface area contributed by atoms with E-state index in [1.165, 1.54) is 0 Å². The Bertz CT molecular complexity index is 927. The van der Waals surface area contributed by atoms with Crippen molar-refractivity contribution in [2.24, 2.45) is 0 Å². The highest BCUT2D eigenvalue weighted by atomic mass is 32.1. The average molecular weight is 381 g/mol. The first kappa shape index (κ1) is 17.5. The molecular weight excluding hydrogens is 362 g/mol. The predicted molar refractivity (Wildman–Crippen MR) is 103 cm³/mol. The van der Waals surface area contributed by atoms with E-state index in [0.29, 0.717) is 19.4 Å². The van der Waals surface area contributed by atoms with Crippen molar-refractivity contribution < 1.29 is 14.3 Å². The molecule has 0 aliphatic carbocycles. The number of pyridine rings is 1. The van der Waals surface area contributed by atoms with Crippen molar-refractivity contribution in [2.45, 2.75) is 19.3 Å². The van der Waals surface area contributed by atoms with Gasteiger partial charge >= 0.3 is 0 Å². The average Bonchev–Trinajstić information content (AvgIpc) is 3.36. The topological polar surface area (TPSA) is 73.3 Å². The molecule has 0 saturated heterocycles. The summed E-state index contributed by atoms with van der Waals surface area (Å²) in [6.45, 7) is 0.866. The smallest absolute Gasteiger partial charge is 0.231 e. The molecule has 4 rings (SSSR count). The lowest BCUT2D eigenvalue weighted by molar-refractivity contribution is -0.121. The van der Waals surface area contributed by atoms with Gasteiger partial charge in [0.25, 0.3) is 0 Å². The van der Waals surface area contributed by atoms with Crippen molar-refractivity contribution in [1.29, 1.82) is 0 Å². The largest absolute Gasteiger partial charge is 0.454 e. The molecule has 6 nitrogen and oxygen atoms in total. The summed E-state index contributed by atoms with van der Waals surface area (Å²) >= 11 is 1.57. The van der Waals surface area contributed by atoms with Crippen LogP contribution in [0.4, 0.5) is 0 Å². The number of carbonyl (C=O) groups is 1. The molecule has 1 aromatic carbocycles. The van der Waals surface area contributed by atoms with Gasteiger partial charge in [0.1, 0.15) is 5.01 Å². The van der Waals surface area contributed by atoms with E-state index in [2.05, 4.69) is 15.3 Å². The van der Waals surface area contributed by atoms with E-state index in [4.69, 9.17) is 9.47 Å². The van der Waals surface area contributed by atoms with E-state index in [-0.39, 0.29) is 12.7 Å². The first-order chi connectivity index (χ1) is 13.3. The molecule has 0 fully saturated rings. The zero-order valence-electron chi connectivity index (χ0n) is 14.7. The minimum Gasteiger partial charge on any atom is -0.454 e. The van der Waals surface area contributed by atoms with E-state index >= 15 is 0 Å². The molecule has 0 atom stereocenters. The van der Waals surface area contributed by atoms with Crippen LogP contribution in [-0.4, -0.2) is 29.2 Å².